The van der Waals surface area contributed by atoms with E-state index in [0.29, 0.717) is 32.1 Å². The quantitative estimate of drug-likeness (QED) is 0.671. The maximum absolute atomic E-state index is 15.3. The minimum Gasteiger partial charge on any atom is -0.458 e. The average molecular weight is 406 g/mol. The van der Waals surface area contributed by atoms with Crippen LogP contribution in [0, 0.1) is 40.4 Å². The summed E-state index contributed by atoms with van der Waals surface area (Å²) in [5, 5.41) is 0. The number of ketones is 3. The van der Waals surface area contributed by atoms with Gasteiger partial charge in [-0.1, -0.05) is 13.8 Å². The Bertz CT molecular complexity index is 762. The molecule has 2 unspecified atom stereocenters. The SMILES string of the molecule is CC(=O)OCC(=O)[C@H]1CC[C@H]2[C@@H]3CC(F)C4CC(=O)CC[C@]4(C)[C@H]3C(=O)C[C@]12C. The van der Waals surface area contributed by atoms with Gasteiger partial charge in [-0.2, -0.15) is 0 Å². The molecule has 29 heavy (non-hydrogen) atoms. The van der Waals surface area contributed by atoms with Crippen molar-refractivity contribution in [2.24, 2.45) is 40.4 Å². The Morgan fingerprint density at radius 3 is 2.55 bits per heavy atom. The van der Waals surface area contributed by atoms with Crippen LogP contribution in [0.15, 0.2) is 0 Å². The van der Waals surface area contributed by atoms with Crippen molar-refractivity contribution in [3.63, 3.8) is 0 Å². The first-order valence-electron chi connectivity index (χ1n) is 10.9. The van der Waals surface area contributed by atoms with Crippen molar-refractivity contribution in [2.45, 2.75) is 71.9 Å². The minimum atomic E-state index is -1.07. The molecule has 0 aliphatic heterocycles. The fourth-order valence-electron chi connectivity index (χ4n) is 7.66. The maximum atomic E-state index is 15.3. The molecule has 4 fully saturated rings. The highest BCUT2D eigenvalue weighted by molar-refractivity contribution is 5.89. The predicted molar refractivity (Wildman–Crippen MR) is 103 cm³/mol. The summed E-state index contributed by atoms with van der Waals surface area (Å²) in [5.41, 5.74) is -0.961. The summed E-state index contributed by atoms with van der Waals surface area (Å²) >= 11 is 0. The van der Waals surface area contributed by atoms with Crippen LogP contribution in [-0.2, 0) is 23.9 Å². The number of alkyl halides is 1. The van der Waals surface area contributed by atoms with Crippen LogP contribution < -0.4 is 0 Å². The van der Waals surface area contributed by atoms with Crippen molar-refractivity contribution in [3.8, 4) is 0 Å². The molecule has 0 radical (unpaired) electrons. The largest absolute Gasteiger partial charge is 0.458 e. The van der Waals surface area contributed by atoms with Crippen molar-refractivity contribution >= 4 is 23.3 Å². The second-order valence-electron chi connectivity index (χ2n) is 10.4. The Hall–Kier alpha value is -1.59. The molecule has 8 atom stereocenters. The first kappa shape index (κ1) is 20.7. The van der Waals surface area contributed by atoms with Crippen molar-refractivity contribution in [1.29, 1.82) is 0 Å². The van der Waals surface area contributed by atoms with E-state index in [4.69, 9.17) is 4.74 Å². The summed E-state index contributed by atoms with van der Waals surface area (Å²) < 4.78 is 20.2. The van der Waals surface area contributed by atoms with Gasteiger partial charge in [0.05, 0.1) is 0 Å². The number of rotatable bonds is 3. The molecule has 0 N–H and O–H groups in total. The molecule has 6 heteroatoms. The second kappa shape index (κ2) is 6.98. The number of halogens is 1. The number of fused-ring (bicyclic) bond motifs is 5. The Morgan fingerprint density at radius 1 is 1.14 bits per heavy atom. The van der Waals surface area contributed by atoms with E-state index in [-0.39, 0.29) is 60.0 Å². The van der Waals surface area contributed by atoms with Gasteiger partial charge in [0, 0.05) is 43.9 Å². The fraction of sp³-hybridized carbons (Fsp3) is 0.826. The zero-order valence-electron chi connectivity index (χ0n) is 17.5. The maximum Gasteiger partial charge on any atom is 0.303 e. The molecule has 4 aliphatic rings. The van der Waals surface area contributed by atoms with Gasteiger partial charge in [-0.15, -0.1) is 0 Å². The fourth-order valence-corrected chi connectivity index (χ4v) is 7.66. The van der Waals surface area contributed by atoms with E-state index in [2.05, 4.69) is 0 Å². The molecule has 4 saturated carbocycles. The van der Waals surface area contributed by atoms with E-state index in [1.165, 1.54) is 6.92 Å². The van der Waals surface area contributed by atoms with Crippen molar-refractivity contribution in [1.82, 2.24) is 0 Å². The van der Waals surface area contributed by atoms with Gasteiger partial charge in [0.25, 0.3) is 0 Å². The monoisotopic (exact) mass is 406 g/mol. The lowest BCUT2D eigenvalue weighted by atomic mass is 9.44. The summed E-state index contributed by atoms with van der Waals surface area (Å²) in [6.07, 6.45) is 2.29. The van der Waals surface area contributed by atoms with Crippen LogP contribution in [0.1, 0.15) is 65.7 Å². The molecule has 0 aromatic rings. The summed E-state index contributed by atoms with van der Waals surface area (Å²) in [6, 6.07) is 0. The number of esters is 1. The van der Waals surface area contributed by atoms with Crippen LogP contribution in [-0.4, -0.2) is 36.1 Å². The Labute approximate surface area is 171 Å². The summed E-state index contributed by atoms with van der Waals surface area (Å²) in [7, 11) is 0. The molecule has 0 spiro atoms. The van der Waals surface area contributed by atoms with Gasteiger partial charge in [-0.3, -0.25) is 19.2 Å². The van der Waals surface area contributed by atoms with Gasteiger partial charge in [-0.05, 0) is 48.3 Å². The molecule has 4 aliphatic carbocycles. The predicted octanol–water partition coefficient (Wildman–Crippen LogP) is 3.47. The van der Waals surface area contributed by atoms with Crippen LogP contribution in [0.25, 0.3) is 0 Å². The number of carbonyl (C=O) groups excluding carboxylic acids is 4. The highest BCUT2D eigenvalue weighted by Gasteiger charge is 2.65. The molecule has 0 saturated heterocycles. The number of hydrogen-bond donors (Lipinski definition) is 0. The number of carbonyl (C=O) groups is 4. The van der Waals surface area contributed by atoms with Crippen LogP contribution >= 0.6 is 0 Å². The Morgan fingerprint density at radius 2 is 1.86 bits per heavy atom. The lowest BCUT2D eigenvalue weighted by Gasteiger charge is -2.59. The van der Waals surface area contributed by atoms with Crippen molar-refractivity contribution in [2.75, 3.05) is 6.61 Å². The van der Waals surface area contributed by atoms with Gasteiger partial charge in [-0.25, -0.2) is 4.39 Å². The third-order valence-electron chi connectivity index (χ3n) is 8.94. The molecule has 0 bridgehead atoms. The van der Waals surface area contributed by atoms with E-state index < -0.39 is 23.0 Å². The zero-order valence-corrected chi connectivity index (χ0v) is 17.5. The lowest BCUT2D eigenvalue weighted by Crippen LogP contribution is -2.60. The molecule has 0 aromatic heterocycles. The smallest absolute Gasteiger partial charge is 0.303 e. The van der Waals surface area contributed by atoms with Crippen LogP contribution in [0.5, 0.6) is 0 Å². The van der Waals surface area contributed by atoms with Gasteiger partial charge in [0.2, 0.25) is 0 Å². The molecule has 0 heterocycles. The van der Waals surface area contributed by atoms with Gasteiger partial charge < -0.3 is 4.74 Å². The first-order chi connectivity index (χ1) is 13.6. The lowest BCUT2D eigenvalue weighted by molar-refractivity contribution is -0.170. The molecule has 4 rings (SSSR count). The molecular formula is C23H31FO5. The summed E-state index contributed by atoms with van der Waals surface area (Å²) in [5.74, 6) is -1.23. The third kappa shape index (κ3) is 3.09. The van der Waals surface area contributed by atoms with Gasteiger partial charge in [0.15, 0.2) is 5.78 Å². The van der Waals surface area contributed by atoms with Crippen LogP contribution in [0.3, 0.4) is 0 Å². The molecule has 0 amide bonds. The number of ether oxygens (including phenoxy) is 1. The summed E-state index contributed by atoms with van der Waals surface area (Å²) in [4.78, 5) is 49.3. The zero-order chi connectivity index (χ0) is 21.1. The van der Waals surface area contributed by atoms with Gasteiger partial charge >= 0.3 is 5.97 Å². The standard InChI is InChI=1S/C23H31FO5/c1-12(25)29-11-20(28)16-5-4-15-14-9-18(24)17-8-13(26)6-7-22(17,2)21(14)19(27)10-23(15,16)3/h14-18,21H,4-11H2,1-3H3/t14-,15-,16+,17?,18?,21+,22-,23-/m0/s1. The van der Waals surface area contributed by atoms with E-state index in [1.807, 2.05) is 13.8 Å². The van der Waals surface area contributed by atoms with E-state index in [0.717, 1.165) is 6.42 Å². The highest BCUT2D eigenvalue weighted by Crippen LogP contribution is 2.66. The minimum absolute atomic E-state index is 0.0720. The van der Waals surface area contributed by atoms with E-state index in [9.17, 15) is 19.2 Å². The second-order valence-corrected chi connectivity index (χ2v) is 10.4. The normalized spacial score (nSPS) is 46.5. The van der Waals surface area contributed by atoms with Crippen molar-refractivity contribution < 1.29 is 28.3 Å². The van der Waals surface area contributed by atoms with Crippen LogP contribution in [0.4, 0.5) is 4.39 Å². The van der Waals surface area contributed by atoms with Gasteiger partial charge in [0.1, 0.15) is 24.3 Å². The first-order valence-corrected chi connectivity index (χ1v) is 10.9. The summed E-state index contributed by atoms with van der Waals surface area (Å²) in [6.45, 7) is 5.04. The van der Waals surface area contributed by atoms with Crippen LogP contribution in [0.2, 0.25) is 0 Å². The molecule has 160 valence electrons. The van der Waals surface area contributed by atoms with E-state index >= 15 is 4.39 Å². The highest BCUT2D eigenvalue weighted by atomic mass is 19.1. The Balaban J connectivity index is 1.62. The van der Waals surface area contributed by atoms with Crippen molar-refractivity contribution in [3.05, 3.63) is 0 Å². The average Bonchev–Trinajstić information content (AvgIpc) is 2.97. The third-order valence-corrected chi connectivity index (χ3v) is 8.94. The molecule has 5 nitrogen and oxygen atoms in total. The topological polar surface area (TPSA) is 77.5 Å². The number of Topliss-reactive ketones (excluding diaryl/α,β-unsaturated/α-hetero) is 3. The molecular weight excluding hydrogens is 375 g/mol. The van der Waals surface area contributed by atoms with E-state index in [1.54, 1.807) is 0 Å². The molecule has 0 aromatic carbocycles. The Kier molecular flexibility index (Phi) is 4.98. The number of hydrogen-bond acceptors (Lipinski definition) is 5.